The minimum Gasteiger partial charge on any atom is -0.335 e. The minimum absolute atomic E-state index is 0.339. The first-order valence-electron chi connectivity index (χ1n) is 6.95. The number of aryl methyl sites for hydroxylation is 1. The highest BCUT2D eigenvalue weighted by molar-refractivity contribution is 7.89. The summed E-state index contributed by atoms with van der Waals surface area (Å²) in [5.41, 5.74) is 2.89. The van der Waals surface area contributed by atoms with E-state index in [1.54, 1.807) is 4.31 Å². The Labute approximate surface area is 128 Å². The second kappa shape index (κ2) is 5.28. The molecule has 114 valence electrons. The molecule has 0 unspecified atom stereocenters. The van der Waals surface area contributed by atoms with Gasteiger partial charge in [-0.15, -0.1) is 0 Å². The fourth-order valence-corrected chi connectivity index (χ4v) is 5.13. The zero-order valence-electron chi connectivity index (χ0n) is 12.4. The van der Waals surface area contributed by atoms with Gasteiger partial charge in [-0.2, -0.15) is 13.1 Å². The number of benzene rings is 1. The van der Waals surface area contributed by atoms with Gasteiger partial charge in [0.25, 0.3) is 0 Å². The second-order valence-electron chi connectivity index (χ2n) is 5.64. The maximum absolute atomic E-state index is 13.0. The molecule has 1 fully saturated rings. The highest BCUT2D eigenvalue weighted by Gasteiger charge is 2.33. The molecule has 1 aromatic heterocycles. The highest BCUT2D eigenvalue weighted by atomic mass is 32.2. The molecule has 3 rings (SSSR count). The van der Waals surface area contributed by atoms with Crippen LogP contribution < -0.4 is 4.90 Å². The number of nitrogens with zero attached hydrogens (tertiary/aromatic N) is 3. The number of hydrogen-bond acceptors (Lipinski definition) is 5. The van der Waals surface area contributed by atoms with Gasteiger partial charge in [0.15, 0.2) is 0 Å². The Kier molecular flexibility index (Phi) is 3.73. The molecule has 1 aliphatic rings. The van der Waals surface area contributed by atoms with Crippen LogP contribution in [0.25, 0.3) is 11.0 Å². The molecule has 0 bridgehead atoms. The third-order valence-electron chi connectivity index (χ3n) is 4.19. The highest BCUT2D eigenvalue weighted by Crippen LogP contribution is 2.30. The lowest BCUT2D eigenvalue weighted by Gasteiger charge is -2.29. The first-order valence-corrected chi connectivity index (χ1v) is 9.12. The molecule has 6 nitrogen and oxygen atoms in total. The van der Waals surface area contributed by atoms with Crippen LogP contribution in [-0.4, -0.2) is 54.7 Å². The molecule has 1 saturated heterocycles. The molecule has 0 atom stereocenters. The van der Waals surface area contributed by atoms with E-state index in [1.165, 1.54) is 4.90 Å². The van der Waals surface area contributed by atoms with E-state index >= 15 is 0 Å². The largest absolute Gasteiger partial charge is 0.335 e. The maximum atomic E-state index is 13.0. The summed E-state index contributed by atoms with van der Waals surface area (Å²) in [6.07, 6.45) is 0. The van der Waals surface area contributed by atoms with Crippen molar-refractivity contribution in [3.05, 3.63) is 17.2 Å². The van der Waals surface area contributed by atoms with Crippen molar-refractivity contribution in [2.75, 3.05) is 33.2 Å². The predicted molar refractivity (Wildman–Crippen MR) is 82.3 cm³/mol. The van der Waals surface area contributed by atoms with E-state index in [0.29, 0.717) is 29.0 Å². The van der Waals surface area contributed by atoms with E-state index in [0.717, 1.165) is 35.9 Å². The molecular formula is C13H19N4O2S2+. The van der Waals surface area contributed by atoms with Crippen LogP contribution in [-0.2, 0) is 10.0 Å². The standard InChI is InChI=1S/C13H18N4O2S2/c1-9-8-11-12(15-20-14-11)13(10(9)2)21(18,19)17-6-4-16(3)5-7-17/h8H,4-7H2,1-3H3/p+1. The average Bonchev–Trinajstić information content (AvgIpc) is 2.87. The van der Waals surface area contributed by atoms with E-state index in [2.05, 4.69) is 15.8 Å². The molecule has 1 aliphatic heterocycles. The first-order chi connectivity index (χ1) is 9.91. The second-order valence-corrected chi connectivity index (χ2v) is 8.04. The van der Waals surface area contributed by atoms with Crippen molar-refractivity contribution in [3.63, 3.8) is 0 Å². The first kappa shape index (κ1) is 14.8. The topological polar surface area (TPSA) is 67.6 Å². The van der Waals surface area contributed by atoms with Crippen LogP contribution in [0.2, 0.25) is 0 Å². The summed E-state index contributed by atoms with van der Waals surface area (Å²) in [7, 11) is -1.42. The quantitative estimate of drug-likeness (QED) is 0.831. The van der Waals surface area contributed by atoms with Gasteiger partial charge in [-0.25, -0.2) is 8.42 Å². The van der Waals surface area contributed by atoms with E-state index in [9.17, 15) is 8.42 Å². The zero-order chi connectivity index (χ0) is 15.2. The number of hydrogen-bond donors (Lipinski definition) is 1. The Hall–Kier alpha value is -1.09. The predicted octanol–water partition coefficient (Wildman–Crippen LogP) is -0.173. The van der Waals surface area contributed by atoms with Crippen LogP contribution in [0.5, 0.6) is 0 Å². The van der Waals surface area contributed by atoms with Crippen LogP contribution in [0.3, 0.4) is 0 Å². The van der Waals surface area contributed by atoms with E-state index in [-0.39, 0.29) is 0 Å². The van der Waals surface area contributed by atoms with E-state index < -0.39 is 10.0 Å². The van der Waals surface area contributed by atoms with Crippen molar-refractivity contribution >= 4 is 32.8 Å². The Balaban J connectivity index is 2.14. The summed E-state index contributed by atoms with van der Waals surface area (Å²) < 4.78 is 36.1. The van der Waals surface area contributed by atoms with Crippen LogP contribution >= 0.6 is 11.7 Å². The Morgan fingerprint density at radius 1 is 1.24 bits per heavy atom. The van der Waals surface area contributed by atoms with Crippen LogP contribution in [0, 0.1) is 13.8 Å². The van der Waals surface area contributed by atoms with Gasteiger partial charge in [0.1, 0.15) is 15.9 Å². The van der Waals surface area contributed by atoms with Gasteiger partial charge in [0.2, 0.25) is 10.0 Å². The number of fused-ring (bicyclic) bond motifs is 1. The van der Waals surface area contributed by atoms with Crippen LogP contribution in [0.4, 0.5) is 0 Å². The number of piperazine rings is 1. The number of quaternary nitrogens is 1. The lowest BCUT2D eigenvalue weighted by molar-refractivity contribution is -0.883. The number of sulfonamides is 1. The number of rotatable bonds is 2. The van der Waals surface area contributed by atoms with Crippen molar-refractivity contribution in [2.45, 2.75) is 18.7 Å². The molecule has 0 aliphatic carbocycles. The summed E-state index contributed by atoms with van der Waals surface area (Å²) in [6.45, 7) is 6.55. The Morgan fingerprint density at radius 3 is 2.57 bits per heavy atom. The zero-order valence-corrected chi connectivity index (χ0v) is 14.0. The molecule has 2 aromatic rings. The number of aromatic nitrogens is 2. The minimum atomic E-state index is -3.51. The lowest BCUT2D eigenvalue weighted by atomic mass is 10.1. The fourth-order valence-electron chi connectivity index (χ4n) is 2.67. The van der Waals surface area contributed by atoms with Gasteiger partial charge in [0, 0.05) is 0 Å². The number of nitrogens with one attached hydrogen (secondary N) is 1. The Morgan fingerprint density at radius 2 is 1.90 bits per heavy atom. The third-order valence-corrected chi connectivity index (χ3v) is 6.79. The molecule has 0 radical (unpaired) electrons. The van der Waals surface area contributed by atoms with Crippen LogP contribution in [0.1, 0.15) is 11.1 Å². The molecule has 1 aromatic carbocycles. The molecule has 0 amide bonds. The molecule has 1 N–H and O–H groups in total. The van der Waals surface area contributed by atoms with Crippen molar-refractivity contribution in [1.82, 2.24) is 13.1 Å². The van der Waals surface area contributed by atoms with E-state index in [1.807, 2.05) is 19.9 Å². The lowest BCUT2D eigenvalue weighted by Crippen LogP contribution is -3.12. The SMILES string of the molecule is Cc1cc2nsnc2c(S(=O)(=O)N2CC[NH+](C)CC2)c1C. The van der Waals surface area contributed by atoms with Gasteiger partial charge in [-0.3, -0.25) is 0 Å². The third kappa shape index (κ3) is 2.46. The Bertz CT molecular complexity index is 777. The molecule has 0 saturated carbocycles. The average molecular weight is 327 g/mol. The van der Waals surface area contributed by atoms with Crippen molar-refractivity contribution in [2.24, 2.45) is 0 Å². The normalized spacial score (nSPS) is 18.4. The summed E-state index contributed by atoms with van der Waals surface area (Å²) in [4.78, 5) is 1.70. The van der Waals surface area contributed by atoms with E-state index in [4.69, 9.17) is 0 Å². The smallest absolute Gasteiger partial charge is 0.246 e. The molecule has 21 heavy (non-hydrogen) atoms. The monoisotopic (exact) mass is 327 g/mol. The van der Waals surface area contributed by atoms with Gasteiger partial charge < -0.3 is 4.90 Å². The number of likely N-dealkylation sites (N-methyl/N-ethyl adjacent to an activating group) is 1. The van der Waals surface area contributed by atoms with Crippen molar-refractivity contribution in [3.8, 4) is 0 Å². The maximum Gasteiger partial charge on any atom is 0.246 e. The molecule has 0 spiro atoms. The molecule has 8 heteroatoms. The van der Waals surface area contributed by atoms with Crippen molar-refractivity contribution < 1.29 is 13.3 Å². The summed E-state index contributed by atoms with van der Waals surface area (Å²) in [5.74, 6) is 0. The fraction of sp³-hybridized carbons (Fsp3) is 0.538. The summed E-state index contributed by atoms with van der Waals surface area (Å²) in [6, 6.07) is 1.90. The van der Waals surface area contributed by atoms with Gasteiger partial charge in [-0.1, -0.05) is 0 Å². The summed E-state index contributed by atoms with van der Waals surface area (Å²) >= 11 is 1.06. The summed E-state index contributed by atoms with van der Waals surface area (Å²) in [5, 5.41) is 0. The van der Waals surface area contributed by atoms with Crippen molar-refractivity contribution in [1.29, 1.82) is 0 Å². The molecule has 2 heterocycles. The molecular weight excluding hydrogens is 308 g/mol. The van der Waals surface area contributed by atoms with Gasteiger partial charge in [0.05, 0.1) is 45.0 Å². The van der Waals surface area contributed by atoms with Gasteiger partial charge in [-0.05, 0) is 31.0 Å². The van der Waals surface area contributed by atoms with Crippen LogP contribution in [0.15, 0.2) is 11.0 Å². The van der Waals surface area contributed by atoms with Gasteiger partial charge >= 0.3 is 0 Å².